The van der Waals surface area contributed by atoms with Crippen LogP contribution in [0.25, 0.3) is 0 Å². The van der Waals surface area contributed by atoms with Gasteiger partial charge in [-0.15, -0.1) is 0 Å². The summed E-state index contributed by atoms with van der Waals surface area (Å²) in [5.41, 5.74) is 3.75. The van der Waals surface area contributed by atoms with Crippen molar-refractivity contribution in [3.63, 3.8) is 0 Å². The lowest BCUT2D eigenvalue weighted by Gasteiger charge is -2.15. The summed E-state index contributed by atoms with van der Waals surface area (Å²) in [6.07, 6.45) is 0. The zero-order valence-electron chi connectivity index (χ0n) is 8.17. The molecule has 1 heteroatoms. The summed E-state index contributed by atoms with van der Waals surface area (Å²) in [6.45, 7) is 8.53. The first-order valence-electron chi connectivity index (χ1n) is 4.75. The maximum absolute atomic E-state index is 4.06. The number of anilines is 1. The summed E-state index contributed by atoms with van der Waals surface area (Å²) in [4.78, 5) is 0. The zero-order valence-corrected chi connectivity index (χ0v) is 8.17. The van der Waals surface area contributed by atoms with Gasteiger partial charge in [0.25, 0.3) is 0 Å². The molecule has 68 valence electrons. The molecule has 0 bridgehead atoms. The van der Waals surface area contributed by atoms with Crippen LogP contribution in [0.3, 0.4) is 0 Å². The van der Waals surface area contributed by atoms with E-state index in [1.165, 1.54) is 11.3 Å². The molecule has 13 heavy (non-hydrogen) atoms. The van der Waals surface area contributed by atoms with Crippen LogP contribution in [0, 0.1) is 5.92 Å². The van der Waals surface area contributed by atoms with Gasteiger partial charge in [-0.3, -0.25) is 0 Å². The maximum Gasteiger partial charge on any atom is 0.0421 e. The van der Waals surface area contributed by atoms with Crippen molar-refractivity contribution in [3.8, 4) is 0 Å². The Bertz CT molecular complexity index is 339. The van der Waals surface area contributed by atoms with Gasteiger partial charge in [0.1, 0.15) is 0 Å². The largest absolute Gasteiger partial charge is 0.359 e. The molecule has 1 aromatic rings. The van der Waals surface area contributed by atoms with Gasteiger partial charge in [0.15, 0.2) is 0 Å². The molecular weight excluding hydrogens is 158 g/mol. The fraction of sp³-hybridized carbons (Fsp3) is 0.333. The van der Waals surface area contributed by atoms with Crippen LogP contribution in [-0.4, -0.2) is 0 Å². The highest BCUT2D eigenvalue weighted by atomic mass is 14.9. The van der Waals surface area contributed by atoms with E-state index in [-0.39, 0.29) is 0 Å². The molecule has 2 rings (SSSR count). The van der Waals surface area contributed by atoms with Crippen molar-refractivity contribution >= 4 is 5.69 Å². The first kappa shape index (κ1) is 8.36. The van der Waals surface area contributed by atoms with Gasteiger partial charge >= 0.3 is 0 Å². The van der Waals surface area contributed by atoms with Crippen molar-refractivity contribution in [1.29, 1.82) is 0 Å². The second kappa shape index (κ2) is 2.91. The molecule has 1 N–H and O–H groups in total. The van der Waals surface area contributed by atoms with Gasteiger partial charge in [-0.1, -0.05) is 38.6 Å². The lowest BCUT2D eigenvalue weighted by atomic mass is 9.88. The summed E-state index contributed by atoms with van der Waals surface area (Å²) >= 11 is 0. The van der Waals surface area contributed by atoms with E-state index in [1.807, 2.05) is 0 Å². The van der Waals surface area contributed by atoms with Crippen molar-refractivity contribution in [2.45, 2.75) is 19.8 Å². The minimum Gasteiger partial charge on any atom is -0.359 e. The molecule has 0 spiro atoms. The van der Waals surface area contributed by atoms with Crippen LogP contribution in [0.1, 0.15) is 25.3 Å². The fourth-order valence-corrected chi connectivity index (χ4v) is 2.08. The molecular formula is C12H15N. The summed E-state index contributed by atoms with van der Waals surface area (Å²) < 4.78 is 0. The summed E-state index contributed by atoms with van der Waals surface area (Å²) in [7, 11) is 0. The number of rotatable bonds is 1. The fourth-order valence-electron chi connectivity index (χ4n) is 2.08. The number of benzene rings is 1. The standard InChI is InChI=1S/C12H15N/c1-8(2)12-9(3)13-11-7-5-4-6-10(11)12/h4-8,12-13H,3H2,1-2H3/t12-/m0/s1. The molecule has 0 saturated heterocycles. The molecule has 0 aliphatic carbocycles. The third kappa shape index (κ3) is 1.24. The third-order valence-corrected chi connectivity index (χ3v) is 2.63. The van der Waals surface area contributed by atoms with Gasteiger partial charge in [-0.2, -0.15) is 0 Å². The van der Waals surface area contributed by atoms with E-state index < -0.39 is 0 Å². The molecule has 0 fully saturated rings. The summed E-state index contributed by atoms with van der Waals surface area (Å²) in [5, 5.41) is 3.33. The van der Waals surface area contributed by atoms with Crippen LogP contribution in [-0.2, 0) is 0 Å². The van der Waals surface area contributed by atoms with Crippen LogP contribution < -0.4 is 5.32 Å². The molecule has 1 aromatic carbocycles. The lowest BCUT2D eigenvalue weighted by Crippen LogP contribution is -2.05. The topological polar surface area (TPSA) is 12.0 Å². The Hall–Kier alpha value is -1.24. The molecule has 0 saturated carbocycles. The predicted molar refractivity (Wildman–Crippen MR) is 56.8 cm³/mol. The molecule has 1 atom stereocenters. The minimum absolute atomic E-state index is 0.483. The van der Waals surface area contributed by atoms with Crippen molar-refractivity contribution in [2.24, 2.45) is 5.92 Å². The Morgan fingerprint density at radius 3 is 2.69 bits per heavy atom. The highest BCUT2D eigenvalue weighted by Crippen LogP contribution is 2.41. The lowest BCUT2D eigenvalue weighted by molar-refractivity contribution is 0.571. The van der Waals surface area contributed by atoms with Crippen LogP contribution in [0.15, 0.2) is 36.5 Å². The van der Waals surface area contributed by atoms with E-state index in [1.54, 1.807) is 0 Å². The summed E-state index contributed by atoms with van der Waals surface area (Å²) in [6, 6.07) is 8.45. The maximum atomic E-state index is 4.06. The van der Waals surface area contributed by atoms with E-state index in [0.717, 1.165) is 5.70 Å². The SMILES string of the molecule is C=C1Nc2ccccc2[C@H]1C(C)C. The average Bonchev–Trinajstić information content (AvgIpc) is 2.39. The van der Waals surface area contributed by atoms with E-state index >= 15 is 0 Å². The highest BCUT2D eigenvalue weighted by Gasteiger charge is 2.27. The molecule has 0 unspecified atom stereocenters. The van der Waals surface area contributed by atoms with E-state index in [0.29, 0.717) is 11.8 Å². The molecule has 1 aliphatic heterocycles. The number of allylic oxidation sites excluding steroid dienone is 1. The van der Waals surface area contributed by atoms with Crippen molar-refractivity contribution in [3.05, 3.63) is 42.1 Å². The van der Waals surface area contributed by atoms with Crippen LogP contribution >= 0.6 is 0 Å². The Kier molecular flexibility index (Phi) is 1.87. The van der Waals surface area contributed by atoms with Crippen LogP contribution in [0.5, 0.6) is 0 Å². The van der Waals surface area contributed by atoms with E-state index in [9.17, 15) is 0 Å². The number of fused-ring (bicyclic) bond motifs is 1. The number of hydrogen-bond acceptors (Lipinski definition) is 1. The van der Waals surface area contributed by atoms with Crippen LogP contribution in [0.2, 0.25) is 0 Å². The normalized spacial score (nSPS) is 20.2. The van der Waals surface area contributed by atoms with Crippen molar-refractivity contribution in [1.82, 2.24) is 0 Å². The van der Waals surface area contributed by atoms with Crippen molar-refractivity contribution in [2.75, 3.05) is 5.32 Å². The van der Waals surface area contributed by atoms with Crippen LogP contribution in [0.4, 0.5) is 5.69 Å². The first-order valence-corrected chi connectivity index (χ1v) is 4.75. The zero-order chi connectivity index (χ0) is 9.42. The molecule has 1 nitrogen and oxygen atoms in total. The van der Waals surface area contributed by atoms with E-state index in [4.69, 9.17) is 0 Å². The van der Waals surface area contributed by atoms with Gasteiger partial charge in [-0.05, 0) is 17.5 Å². The second-order valence-electron chi connectivity index (χ2n) is 3.96. The quantitative estimate of drug-likeness (QED) is 0.686. The second-order valence-corrected chi connectivity index (χ2v) is 3.96. The van der Waals surface area contributed by atoms with Gasteiger partial charge in [0.05, 0.1) is 0 Å². The summed E-state index contributed by atoms with van der Waals surface area (Å²) in [5.74, 6) is 1.10. The Labute approximate surface area is 79.5 Å². The Morgan fingerprint density at radius 1 is 1.31 bits per heavy atom. The third-order valence-electron chi connectivity index (χ3n) is 2.63. The first-order chi connectivity index (χ1) is 6.20. The Morgan fingerprint density at radius 2 is 2.00 bits per heavy atom. The molecule has 0 aromatic heterocycles. The monoisotopic (exact) mass is 173 g/mol. The molecule has 0 amide bonds. The van der Waals surface area contributed by atoms with Gasteiger partial charge in [0, 0.05) is 17.3 Å². The molecule has 1 aliphatic rings. The van der Waals surface area contributed by atoms with Gasteiger partial charge in [0.2, 0.25) is 0 Å². The number of para-hydroxylation sites is 1. The average molecular weight is 173 g/mol. The van der Waals surface area contributed by atoms with Gasteiger partial charge in [-0.25, -0.2) is 0 Å². The van der Waals surface area contributed by atoms with Crippen molar-refractivity contribution < 1.29 is 0 Å². The Balaban J connectivity index is 2.46. The van der Waals surface area contributed by atoms with E-state index in [2.05, 4.69) is 50.0 Å². The van der Waals surface area contributed by atoms with Gasteiger partial charge < -0.3 is 5.32 Å². The number of hydrogen-bond donors (Lipinski definition) is 1. The predicted octanol–water partition coefficient (Wildman–Crippen LogP) is 3.37. The number of nitrogens with one attached hydrogen (secondary N) is 1. The molecule has 0 radical (unpaired) electrons. The molecule has 1 heterocycles. The highest BCUT2D eigenvalue weighted by molar-refractivity contribution is 5.64. The smallest absolute Gasteiger partial charge is 0.0421 e. The minimum atomic E-state index is 0.483.